The van der Waals surface area contributed by atoms with Crippen LogP contribution in [-0.2, 0) is 0 Å². The van der Waals surface area contributed by atoms with Crippen LogP contribution in [0.3, 0.4) is 0 Å². The lowest BCUT2D eigenvalue weighted by atomic mass is 10.2. The number of hydrogen-bond donors (Lipinski definition) is 0. The van der Waals surface area contributed by atoms with Crippen molar-refractivity contribution >= 4 is 11.6 Å². The molecule has 0 fully saturated rings. The van der Waals surface area contributed by atoms with Crippen LogP contribution in [0.25, 0.3) is 11.3 Å². The van der Waals surface area contributed by atoms with Crippen molar-refractivity contribution in [2.75, 3.05) is 0 Å². The zero-order valence-electron chi connectivity index (χ0n) is 7.42. The highest BCUT2D eigenvalue weighted by atomic mass is 35.5. The predicted molar refractivity (Wildman–Crippen MR) is 51.6 cm³/mol. The van der Waals surface area contributed by atoms with E-state index in [0.29, 0.717) is 22.2 Å². The number of benzene rings is 1. The van der Waals surface area contributed by atoms with Gasteiger partial charge in [-0.15, -0.1) is 0 Å². The first-order chi connectivity index (χ1) is 6.66. The van der Waals surface area contributed by atoms with Gasteiger partial charge >= 0.3 is 0 Å². The Bertz CT molecular complexity index is 467. The van der Waals surface area contributed by atoms with Gasteiger partial charge < -0.3 is 4.42 Å². The van der Waals surface area contributed by atoms with E-state index >= 15 is 0 Å². The van der Waals surface area contributed by atoms with Gasteiger partial charge in [0.2, 0.25) is 0 Å². The van der Waals surface area contributed by atoms with Gasteiger partial charge in [0, 0.05) is 12.5 Å². The molecule has 2 aromatic rings. The molecule has 1 aromatic heterocycles. The predicted octanol–water partition coefficient (Wildman–Crippen LogP) is 3.44. The van der Waals surface area contributed by atoms with E-state index < -0.39 is 0 Å². The van der Waals surface area contributed by atoms with E-state index in [2.05, 4.69) is 4.98 Å². The minimum Gasteiger partial charge on any atom is -0.441 e. The van der Waals surface area contributed by atoms with Crippen molar-refractivity contribution in [3.8, 4) is 11.3 Å². The molecule has 2 nitrogen and oxygen atoms in total. The third-order valence-corrected chi connectivity index (χ3v) is 2.14. The topological polar surface area (TPSA) is 26.0 Å². The highest BCUT2D eigenvalue weighted by Gasteiger charge is 2.08. The Hall–Kier alpha value is -1.35. The molecule has 0 amide bonds. The summed E-state index contributed by atoms with van der Waals surface area (Å²) >= 11 is 5.89. The molecule has 4 heteroatoms. The molecule has 0 aliphatic rings. The standard InChI is InChI=1S/C10H7ClFNO/c1-6-13-5-10(14-6)8-4-7(12)2-3-9(8)11/h2-5H,1H3. The fourth-order valence-electron chi connectivity index (χ4n) is 1.17. The first-order valence-corrected chi connectivity index (χ1v) is 4.42. The van der Waals surface area contributed by atoms with E-state index in [1.807, 2.05) is 0 Å². The van der Waals surface area contributed by atoms with Gasteiger partial charge in [0.1, 0.15) is 5.82 Å². The maximum atomic E-state index is 12.9. The molecule has 0 atom stereocenters. The lowest BCUT2D eigenvalue weighted by Crippen LogP contribution is -1.79. The molecule has 1 heterocycles. The lowest BCUT2D eigenvalue weighted by Gasteiger charge is -1.99. The smallest absolute Gasteiger partial charge is 0.191 e. The zero-order chi connectivity index (χ0) is 10.1. The van der Waals surface area contributed by atoms with Crippen LogP contribution in [0.2, 0.25) is 5.02 Å². The van der Waals surface area contributed by atoms with E-state index in [1.54, 1.807) is 6.92 Å². The summed E-state index contributed by atoms with van der Waals surface area (Å²) in [6, 6.07) is 4.11. The molecule has 0 radical (unpaired) electrons. The lowest BCUT2D eigenvalue weighted by molar-refractivity contribution is 0.533. The second-order valence-electron chi connectivity index (χ2n) is 2.87. The Morgan fingerprint density at radius 3 is 2.86 bits per heavy atom. The molecule has 1 aromatic carbocycles. The van der Waals surface area contributed by atoms with Crippen LogP contribution < -0.4 is 0 Å². The molecule has 0 bridgehead atoms. The second kappa shape index (κ2) is 3.42. The number of hydrogen-bond acceptors (Lipinski definition) is 2. The summed E-state index contributed by atoms with van der Waals surface area (Å²) in [5, 5.41) is 0.447. The van der Waals surface area contributed by atoms with Crippen molar-refractivity contribution in [3.05, 3.63) is 41.1 Å². The number of aryl methyl sites for hydroxylation is 1. The van der Waals surface area contributed by atoms with Crippen LogP contribution in [0.1, 0.15) is 5.89 Å². The number of rotatable bonds is 1. The number of nitrogens with zero attached hydrogens (tertiary/aromatic N) is 1. The summed E-state index contributed by atoms with van der Waals surface area (Å²) in [5.41, 5.74) is 0.521. The highest BCUT2D eigenvalue weighted by Crippen LogP contribution is 2.28. The Morgan fingerprint density at radius 1 is 1.43 bits per heavy atom. The van der Waals surface area contributed by atoms with Gasteiger partial charge in [-0.3, -0.25) is 0 Å². The van der Waals surface area contributed by atoms with E-state index in [-0.39, 0.29) is 5.82 Å². The number of oxazole rings is 1. The van der Waals surface area contributed by atoms with Gasteiger partial charge in [-0.1, -0.05) is 11.6 Å². The fraction of sp³-hybridized carbons (Fsp3) is 0.100. The average Bonchev–Trinajstić information content (AvgIpc) is 2.56. The van der Waals surface area contributed by atoms with E-state index in [4.69, 9.17) is 16.0 Å². The van der Waals surface area contributed by atoms with Crippen molar-refractivity contribution < 1.29 is 8.81 Å². The van der Waals surface area contributed by atoms with Gasteiger partial charge in [-0.05, 0) is 18.2 Å². The monoisotopic (exact) mass is 211 g/mol. The molecule has 0 saturated heterocycles. The molecule has 0 spiro atoms. The van der Waals surface area contributed by atoms with Crippen molar-refractivity contribution in [1.29, 1.82) is 0 Å². The summed E-state index contributed by atoms with van der Waals surface area (Å²) in [6.45, 7) is 1.72. The Balaban J connectivity index is 2.55. The molecule has 2 rings (SSSR count). The summed E-state index contributed by atoms with van der Waals surface area (Å²) < 4.78 is 18.2. The minimum absolute atomic E-state index is 0.349. The first-order valence-electron chi connectivity index (χ1n) is 4.04. The van der Waals surface area contributed by atoms with Crippen LogP contribution in [0, 0.1) is 12.7 Å². The molecular formula is C10H7ClFNO. The normalized spacial score (nSPS) is 10.5. The molecule has 0 saturated carbocycles. The largest absolute Gasteiger partial charge is 0.441 e. The zero-order valence-corrected chi connectivity index (χ0v) is 8.18. The minimum atomic E-state index is -0.349. The number of halogens is 2. The molecule has 0 unspecified atom stereocenters. The van der Waals surface area contributed by atoms with Gasteiger partial charge in [0.25, 0.3) is 0 Å². The highest BCUT2D eigenvalue weighted by molar-refractivity contribution is 6.33. The molecule has 0 aliphatic heterocycles. The summed E-state index contributed by atoms with van der Waals surface area (Å²) in [5.74, 6) is 0.658. The average molecular weight is 212 g/mol. The third kappa shape index (κ3) is 1.63. The Labute approximate surface area is 85.3 Å². The van der Waals surface area contributed by atoms with Crippen LogP contribution in [0.5, 0.6) is 0 Å². The molecule has 14 heavy (non-hydrogen) atoms. The van der Waals surface area contributed by atoms with Gasteiger partial charge in [-0.2, -0.15) is 0 Å². The fourth-order valence-corrected chi connectivity index (χ4v) is 1.38. The second-order valence-corrected chi connectivity index (χ2v) is 3.27. The maximum absolute atomic E-state index is 12.9. The van der Waals surface area contributed by atoms with Gasteiger partial charge in [0.05, 0.1) is 11.2 Å². The van der Waals surface area contributed by atoms with E-state index in [9.17, 15) is 4.39 Å². The Kier molecular flexibility index (Phi) is 2.25. The molecule has 72 valence electrons. The quantitative estimate of drug-likeness (QED) is 0.722. The maximum Gasteiger partial charge on any atom is 0.191 e. The first kappa shape index (κ1) is 9.21. The van der Waals surface area contributed by atoms with Crippen molar-refractivity contribution in [2.45, 2.75) is 6.92 Å². The summed E-state index contributed by atoms with van der Waals surface area (Å²) in [4.78, 5) is 3.92. The van der Waals surface area contributed by atoms with Crippen LogP contribution in [0.4, 0.5) is 4.39 Å². The molecular weight excluding hydrogens is 205 g/mol. The molecule has 0 aliphatic carbocycles. The van der Waals surface area contributed by atoms with E-state index in [1.165, 1.54) is 24.4 Å². The van der Waals surface area contributed by atoms with Crippen LogP contribution in [-0.4, -0.2) is 4.98 Å². The van der Waals surface area contributed by atoms with Crippen molar-refractivity contribution in [3.63, 3.8) is 0 Å². The summed E-state index contributed by atoms with van der Waals surface area (Å²) in [6.07, 6.45) is 1.52. The van der Waals surface area contributed by atoms with Crippen LogP contribution >= 0.6 is 11.6 Å². The third-order valence-electron chi connectivity index (χ3n) is 1.82. The van der Waals surface area contributed by atoms with Gasteiger partial charge in [-0.25, -0.2) is 9.37 Å². The van der Waals surface area contributed by atoms with Crippen molar-refractivity contribution in [2.24, 2.45) is 0 Å². The SMILES string of the molecule is Cc1ncc(-c2cc(F)ccc2Cl)o1. The van der Waals surface area contributed by atoms with Crippen molar-refractivity contribution in [1.82, 2.24) is 4.98 Å². The Morgan fingerprint density at radius 2 is 2.21 bits per heavy atom. The number of aromatic nitrogens is 1. The van der Waals surface area contributed by atoms with E-state index in [0.717, 1.165) is 0 Å². The van der Waals surface area contributed by atoms with Gasteiger partial charge in [0.15, 0.2) is 11.7 Å². The van der Waals surface area contributed by atoms with Crippen LogP contribution in [0.15, 0.2) is 28.8 Å². The summed E-state index contributed by atoms with van der Waals surface area (Å²) in [7, 11) is 0. The molecule has 0 N–H and O–H groups in total.